The Morgan fingerprint density at radius 1 is 1.44 bits per heavy atom. The molecule has 0 aromatic carbocycles. The maximum atomic E-state index is 11.4. The standard InChI is InChI=1S/C13H25NO2/c1-10(9-11-5-6-11)14-8-7-12(15)16-13(2,3)4/h10-11,14H,5-9H2,1-4H3. The molecule has 0 radical (unpaired) electrons. The van der Waals surface area contributed by atoms with Gasteiger partial charge < -0.3 is 10.1 Å². The number of ether oxygens (including phenoxy) is 1. The first-order chi connectivity index (χ1) is 7.37. The molecule has 0 heterocycles. The van der Waals surface area contributed by atoms with E-state index in [1.165, 1.54) is 19.3 Å². The minimum atomic E-state index is -0.364. The van der Waals surface area contributed by atoms with E-state index in [0.29, 0.717) is 12.5 Å². The molecular formula is C13H25NO2. The van der Waals surface area contributed by atoms with Crippen LogP contribution in [0.25, 0.3) is 0 Å². The molecule has 3 heteroatoms. The van der Waals surface area contributed by atoms with Crippen molar-refractivity contribution in [3.8, 4) is 0 Å². The van der Waals surface area contributed by atoms with Crippen molar-refractivity contribution in [2.75, 3.05) is 6.54 Å². The summed E-state index contributed by atoms with van der Waals surface area (Å²) in [7, 11) is 0. The monoisotopic (exact) mass is 227 g/mol. The van der Waals surface area contributed by atoms with E-state index in [0.717, 1.165) is 12.5 Å². The highest BCUT2D eigenvalue weighted by Gasteiger charge is 2.23. The minimum absolute atomic E-state index is 0.112. The third kappa shape index (κ3) is 6.83. The van der Waals surface area contributed by atoms with Crippen LogP contribution in [-0.2, 0) is 9.53 Å². The Labute approximate surface area is 98.9 Å². The molecule has 1 N–H and O–H groups in total. The molecule has 16 heavy (non-hydrogen) atoms. The van der Waals surface area contributed by atoms with Crippen LogP contribution in [0.5, 0.6) is 0 Å². The summed E-state index contributed by atoms with van der Waals surface area (Å²) < 4.78 is 5.23. The highest BCUT2D eigenvalue weighted by molar-refractivity contribution is 5.70. The second kappa shape index (κ2) is 5.67. The van der Waals surface area contributed by atoms with Gasteiger partial charge in [0.1, 0.15) is 5.60 Å². The smallest absolute Gasteiger partial charge is 0.307 e. The third-order valence-corrected chi connectivity index (χ3v) is 2.63. The van der Waals surface area contributed by atoms with Crippen LogP contribution in [0.1, 0.15) is 53.4 Å². The molecule has 1 aliphatic rings. The van der Waals surface area contributed by atoms with Gasteiger partial charge in [0.2, 0.25) is 0 Å². The maximum Gasteiger partial charge on any atom is 0.307 e. The van der Waals surface area contributed by atoms with Crippen molar-refractivity contribution in [2.24, 2.45) is 5.92 Å². The van der Waals surface area contributed by atoms with E-state index in [-0.39, 0.29) is 11.6 Å². The molecule has 1 unspecified atom stereocenters. The zero-order chi connectivity index (χ0) is 12.2. The summed E-state index contributed by atoms with van der Waals surface area (Å²) in [6.45, 7) is 8.60. The molecule has 0 saturated heterocycles. The SMILES string of the molecule is CC(CC1CC1)NCCC(=O)OC(C)(C)C. The van der Waals surface area contributed by atoms with Gasteiger partial charge in [0.15, 0.2) is 0 Å². The van der Waals surface area contributed by atoms with Crippen molar-refractivity contribution >= 4 is 5.97 Å². The molecular weight excluding hydrogens is 202 g/mol. The first kappa shape index (κ1) is 13.5. The second-order valence-electron chi connectivity index (χ2n) is 5.87. The van der Waals surface area contributed by atoms with Crippen molar-refractivity contribution in [2.45, 2.75) is 65.0 Å². The highest BCUT2D eigenvalue weighted by Crippen LogP contribution is 2.33. The van der Waals surface area contributed by atoms with Crippen LogP contribution < -0.4 is 5.32 Å². The van der Waals surface area contributed by atoms with Gasteiger partial charge in [-0.25, -0.2) is 0 Å². The fourth-order valence-corrected chi connectivity index (χ4v) is 1.75. The predicted molar refractivity (Wildman–Crippen MR) is 65.3 cm³/mol. The van der Waals surface area contributed by atoms with E-state index in [9.17, 15) is 4.79 Å². The number of hydrogen-bond donors (Lipinski definition) is 1. The number of esters is 1. The van der Waals surface area contributed by atoms with Crippen molar-refractivity contribution < 1.29 is 9.53 Å². The zero-order valence-corrected chi connectivity index (χ0v) is 11.0. The Kier molecular flexibility index (Phi) is 4.78. The minimum Gasteiger partial charge on any atom is -0.460 e. The number of rotatable bonds is 6. The molecule has 0 aliphatic heterocycles. The van der Waals surface area contributed by atoms with Crippen LogP contribution in [0, 0.1) is 5.92 Å². The van der Waals surface area contributed by atoms with Crippen LogP contribution in [0.4, 0.5) is 0 Å². The fraction of sp³-hybridized carbons (Fsp3) is 0.923. The molecule has 3 nitrogen and oxygen atoms in total. The first-order valence-corrected chi connectivity index (χ1v) is 6.32. The lowest BCUT2D eigenvalue weighted by Crippen LogP contribution is -2.31. The van der Waals surface area contributed by atoms with Gasteiger partial charge in [-0.1, -0.05) is 12.8 Å². The highest BCUT2D eigenvalue weighted by atomic mass is 16.6. The lowest BCUT2D eigenvalue weighted by Gasteiger charge is -2.20. The normalized spacial score (nSPS) is 18.2. The van der Waals surface area contributed by atoms with Gasteiger partial charge in [0.05, 0.1) is 6.42 Å². The summed E-state index contributed by atoms with van der Waals surface area (Å²) >= 11 is 0. The molecule has 0 aromatic rings. The zero-order valence-electron chi connectivity index (χ0n) is 11.0. The van der Waals surface area contributed by atoms with Gasteiger partial charge >= 0.3 is 5.97 Å². The average Bonchev–Trinajstić information content (AvgIpc) is 2.84. The Morgan fingerprint density at radius 2 is 2.06 bits per heavy atom. The molecule has 94 valence electrons. The van der Waals surface area contributed by atoms with Gasteiger partial charge in [-0.2, -0.15) is 0 Å². The molecule has 1 atom stereocenters. The molecule has 1 rings (SSSR count). The Morgan fingerprint density at radius 3 is 2.56 bits per heavy atom. The molecule has 0 aromatic heterocycles. The van der Waals surface area contributed by atoms with E-state index in [1.807, 2.05) is 20.8 Å². The molecule has 0 amide bonds. The molecule has 1 saturated carbocycles. The van der Waals surface area contributed by atoms with E-state index in [4.69, 9.17) is 4.74 Å². The summed E-state index contributed by atoms with van der Waals surface area (Å²) in [5.74, 6) is 0.822. The Balaban J connectivity index is 2.02. The Hall–Kier alpha value is -0.570. The fourth-order valence-electron chi connectivity index (χ4n) is 1.75. The topological polar surface area (TPSA) is 38.3 Å². The molecule has 1 fully saturated rings. The lowest BCUT2D eigenvalue weighted by molar-refractivity contribution is -0.154. The summed E-state index contributed by atoms with van der Waals surface area (Å²) in [6, 6.07) is 0.523. The summed E-state index contributed by atoms with van der Waals surface area (Å²) in [6.07, 6.45) is 4.48. The number of carbonyl (C=O) groups excluding carboxylic acids is 1. The summed E-state index contributed by atoms with van der Waals surface area (Å²) in [5.41, 5.74) is -0.364. The van der Waals surface area contributed by atoms with Crippen molar-refractivity contribution in [3.05, 3.63) is 0 Å². The lowest BCUT2D eigenvalue weighted by atomic mass is 10.1. The van der Waals surface area contributed by atoms with E-state index < -0.39 is 0 Å². The second-order valence-corrected chi connectivity index (χ2v) is 5.87. The average molecular weight is 227 g/mol. The van der Waals surface area contributed by atoms with Crippen molar-refractivity contribution in [3.63, 3.8) is 0 Å². The molecule has 0 bridgehead atoms. The Bertz CT molecular complexity index is 229. The molecule has 1 aliphatic carbocycles. The largest absolute Gasteiger partial charge is 0.460 e. The van der Waals surface area contributed by atoms with E-state index >= 15 is 0 Å². The van der Waals surface area contributed by atoms with Crippen LogP contribution >= 0.6 is 0 Å². The quantitative estimate of drug-likeness (QED) is 0.708. The van der Waals surface area contributed by atoms with Crippen LogP contribution in [0.3, 0.4) is 0 Å². The van der Waals surface area contributed by atoms with Gasteiger partial charge in [0, 0.05) is 12.6 Å². The van der Waals surface area contributed by atoms with Crippen LogP contribution in [0.2, 0.25) is 0 Å². The van der Waals surface area contributed by atoms with Gasteiger partial charge in [-0.3, -0.25) is 4.79 Å². The van der Waals surface area contributed by atoms with Gasteiger partial charge in [0.25, 0.3) is 0 Å². The van der Waals surface area contributed by atoms with Gasteiger partial charge in [-0.15, -0.1) is 0 Å². The third-order valence-electron chi connectivity index (χ3n) is 2.63. The summed E-state index contributed by atoms with van der Waals surface area (Å²) in [4.78, 5) is 11.4. The number of hydrogen-bond acceptors (Lipinski definition) is 3. The molecule has 0 spiro atoms. The predicted octanol–water partition coefficient (Wildman–Crippen LogP) is 2.50. The van der Waals surface area contributed by atoms with Crippen LogP contribution in [-0.4, -0.2) is 24.2 Å². The maximum absolute atomic E-state index is 11.4. The summed E-state index contributed by atoms with van der Waals surface area (Å²) in [5, 5.41) is 3.37. The van der Waals surface area contributed by atoms with E-state index in [1.54, 1.807) is 0 Å². The number of carbonyl (C=O) groups is 1. The first-order valence-electron chi connectivity index (χ1n) is 6.32. The van der Waals surface area contributed by atoms with Crippen molar-refractivity contribution in [1.29, 1.82) is 0 Å². The van der Waals surface area contributed by atoms with Crippen LogP contribution in [0.15, 0.2) is 0 Å². The number of nitrogens with one attached hydrogen (secondary N) is 1. The van der Waals surface area contributed by atoms with Crippen molar-refractivity contribution in [1.82, 2.24) is 5.32 Å². The van der Waals surface area contributed by atoms with E-state index in [2.05, 4.69) is 12.2 Å². The van der Waals surface area contributed by atoms with Gasteiger partial charge in [-0.05, 0) is 40.0 Å².